The molecule has 0 aliphatic rings. The largest absolute Gasteiger partial charge is 0.348 e. The number of amides is 2. The van der Waals surface area contributed by atoms with Crippen molar-refractivity contribution in [1.29, 1.82) is 0 Å². The smallest absolute Gasteiger partial charge is 0.257 e. The van der Waals surface area contributed by atoms with Crippen LogP contribution >= 0.6 is 23.8 Å². The average molecular weight is 438 g/mol. The second-order valence-electron chi connectivity index (χ2n) is 6.51. The van der Waals surface area contributed by atoms with Gasteiger partial charge in [-0.05, 0) is 48.1 Å². The molecule has 30 heavy (non-hydrogen) atoms. The van der Waals surface area contributed by atoms with Crippen molar-refractivity contribution in [1.82, 2.24) is 10.6 Å². The maximum absolute atomic E-state index is 12.8. The Morgan fingerprint density at radius 3 is 2.37 bits per heavy atom. The summed E-state index contributed by atoms with van der Waals surface area (Å²) in [5, 5.41) is 6.22. The first kappa shape index (κ1) is 21.5. The highest BCUT2D eigenvalue weighted by molar-refractivity contribution is 7.80. The Balaban J connectivity index is 1.71. The summed E-state index contributed by atoms with van der Waals surface area (Å²) in [6, 6.07) is 23.3. The minimum atomic E-state index is -0.375. The quantitative estimate of drug-likeness (QED) is 0.580. The van der Waals surface area contributed by atoms with E-state index in [4.69, 9.17) is 23.8 Å². The lowest BCUT2D eigenvalue weighted by Crippen LogP contribution is -2.41. The van der Waals surface area contributed by atoms with Gasteiger partial charge in [-0.1, -0.05) is 60.1 Å². The van der Waals surface area contributed by atoms with Crippen LogP contribution in [-0.4, -0.2) is 24.0 Å². The molecule has 0 spiro atoms. The Kier molecular flexibility index (Phi) is 7.17. The zero-order valence-corrected chi connectivity index (χ0v) is 17.8. The van der Waals surface area contributed by atoms with Crippen LogP contribution in [0.15, 0.2) is 78.9 Å². The van der Waals surface area contributed by atoms with Gasteiger partial charge in [0.1, 0.15) is 0 Å². The van der Waals surface area contributed by atoms with Crippen LogP contribution in [-0.2, 0) is 6.54 Å². The first-order valence-corrected chi connectivity index (χ1v) is 10.00. The maximum Gasteiger partial charge on any atom is 0.257 e. The van der Waals surface area contributed by atoms with Crippen LogP contribution in [0.5, 0.6) is 0 Å². The fraction of sp³-hybridized carbons (Fsp3) is 0.0870. The fourth-order valence-electron chi connectivity index (χ4n) is 2.82. The number of carbonyl (C=O) groups is 2. The van der Waals surface area contributed by atoms with Gasteiger partial charge in [-0.25, -0.2) is 0 Å². The van der Waals surface area contributed by atoms with Crippen molar-refractivity contribution in [2.45, 2.75) is 6.54 Å². The standard InChI is InChI=1S/C23H20ClN3O2S/c1-27(23(30)26-21(28)17-10-7-11-18(24)14-17)20-13-6-5-12-19(20)22(29)25-15-16-8-3-2-4-9-16/h2-14H,15H2,1H3,(H,25,29)(H,26,28,30). The van der Waals surface area contributed by atoms with Crippen LogP contribution in [0.1, 0.15) is 26.3 Å². The van der Waals surface area contributed by atoms with Gasteiger partial charge in [0, 0.05) is 24.2 Å². The highest BCUT2D eigenvalue weighted by Crippen LogP contribution is 2.20. The van der Waals surface area contributed by atoms with Crippen molar-refractivity contribution in [3.63, 3.8) is 0 Å². The summed E-state index contributed by atoms with van der Waals surface area (Å²) < 4.78 is 0. The van der Waals surface area contributed by atoms with Crippen LogP contribution < -0.4 is 15.5 Å². The number of halogens is 1. The van der Waals surface area contributed by atoms with Gasteiger partial charge >= 0.3 is 0 Å². The summed E-state index contributed by atoms with van der Waals surface area (Å²) in [4.78, 5) is 26.8. The molecular weight excluding hydrogens is 418 g/mol. The summed E-state index contributed by atoms with van der Waals surface area (Å²) in [5.41, 5.74) is 2.43. The Labute approximate surface area is 185 Å². The van der Waals surface area contributed by atoms with Crippen LogP contribution in [0.2, 0.25) is 5.02 Å². The van der Waals surface area contributed by atoms with Crippen molar-refractivity contribution in [2.75, 3.05) is 11.9 Å². The Morgan fingerprint density at radius 1 is 0.933 bits per heavy atom. The summed E-state index contributed by atoms with van der Waals surface area (Å²) in [5.74, 6) is -0.606. The van der Waals surface area contributed by atoms with E-state index in [1.165, 1.54) is 0 Å². The van der Waals surface area contributed by atoms with Crippen LogP contribution in [0.25, 0.3) is 0 Å². The Hall–Kier alpha value is -3.22. The topological polar surface area (TPSA) is 61.4 Å². The van der Waals surface area contributed by atoms with E-state index in [2.05, 4.69) is 10.6 Å². The molecule has 5 nitrogen and oxygen atoms in total. The fourth-order valence-corrected chi connectivity index (χ4v) is 3.21. The van der Waals surface area contributed by atoms with E-state index >= 15 is 0 Å². The van der Waals surface area contributed by atoms with E-state index in [9.17, 15) is 9.59 Å². The van der Waals surface area contributed by atoms with Gasteiger partial charge < -0.3 is 10.2 Å². The predicted octanol–water partition coefficient (Wildman–Crippen LogP) is 4.42. The maximum atomic E-state index is 12.8. The lowest BCUT2D eigenvalue weighted by atomic mass is 10.1. The third kappa shape index (κ3) is 5.43. The molecule has 3 aromatic rings. The van der Waals surface area contributed by atoms with Crippen molar-refractivity contribution in [3.8, 4) is 0 Å². The van der Waals surface area contributed by atoms with E-state index in [0.29, 0.717) is 28.4 Å². The second kappa shape index (κ2) is 10.0. The molecule has 2 N–H and O–H groups in total. The molecule has 2 amide bonds. The van der Waals surface area contributed by atoms with E-state index in [0.717, 1.165) is 5.56 Å². The first-order chi connectivity index (χ1) is 14.5. The minimum Gasteiger partial charge on any atom is -0.348 e. The molecule has 0 bridgehead atoms. The van der Waals surface area contributed by atoms with Gasteiger partial charge in [-0.3, -0.25) is 14.9 Å². The number of rotatable bonds is 5. The van der Waals surface area contributed by atoms with Crippen molar-refractivity contribution < 1.29 is 9.59 Å². The highest BCUT2D eigenvalue weighted by atomic mass is 35.5. The molecule has 0 saturated carbocycles. The number of para-hydroxylation sites is 1. The van der Waals surface area contributed by atoms with Crippen LogP contribution in [0.3, 0.4) is 0 Å². The third-order valence-electron chi connectivity index (χ3n) is 4.42. The highest BCUT2D eigenvalue weighted by Gasteiger charge is 2.18. The third-order valence-corrected chi connectivity index (χ3v) is 5.03. The summed E-state index contributed by atoms with van der Waals surface area (Å²) in [7, 11) is 1.70. The number of thiocarbonyl (C=S) groups is 1. The Bertz CT molecular complexity index is 1070. The van der Waals surface area contributed by atoms with Crippen LogP contribution in [0, 0.1) is 0 Å². The monoisotopic (exact) mass is 437 g/mol. The average Bonchev–Trinajstić information content (AvgIpc) is 2.77. The van der Waals surface area contributed by atoms with E-state index in [-0.39, 0.29) is 16.9 Å². The number of nitrogens with one attached hydrogen (secondary N) is 2. The van der Waals surface area contributed by atoms with Crippen molar-refractivity contribution in [2.24, 2.45) is 0 Å². The van der Waals surface area contributed by atoms with Crippen molar-refractivity contribution in [3.05, 3.63) is 101 Å². The summed E-state index contributed by atoms with van der Waals surface area (Å²) in [6.07, 6.45) is 0. The van der Waals surface area contributed by atoms with Crippen LogP contribution in [0.4, 0.5) is 5.69 Å². The first-order valence-electron chi connectivity index (χ1n) is 9.21. The molecule has 0 aromatic heterocycles. The predicted molar refractivity (Wildman–Crippen MR) is 124 cm³/mol. The summed E-state index contributed by atoms with van der Waals surface area (Å²) in [6.45, 7) is 0.410. The lowest BCUT2D eigenvalue weighted by Gasteiger charge is -2.23. The summed E-state index contributed by atoms with van der Waals surface area (Å²) >= 11 is 11.3. The zero-order valence-electron chi connectivity index (χ0n) is 16.3. The molecule has 0 saturated heterocycles. The van der Waals surface area contributed by atoms with E-state index < -0.39 is 0 Å². The lowest BCUT2D eigenvalue weighted by molar-refractivity contribution is 0.0950. The molecule has 0 aliphatic carbocycles. The molecule has 152 valence electrons. The number of anilines is 1. The molecule has 0 unspecified atom stereocenters. The minimum absolute atomic E-state index is 0.170. The molecular formula is C23H20ClN3O2S. The van der Waals surface area contributed by atoms with Gasteiger partial charge in [0.2, 0.25) is 0 Å². The number of carbonyl (C=O) groups excluding carboxylic acids is 2. The van der Waals surface area contributed by atoms with Gasteiger partial charge in [-0.2, -0.15) is 0 Å². The van der Waals surface area contributed by atoms with Crippen molar-refractivity contribution >= 4 is 46.4 Å². The van der Waals surface area contributed by atoms with Gasteiger partial charge in [0.05, 0.1) is 11.3 Å². The molecule has 0 fully saturated rings. The van der Waals surface area contributed by atoms with E-state index in [1.807, 2.05) is 30.3 Å². The molecule has 0 atom stereocenters. The number of hydrogen-bond donors (Lipinski definition) is 2. The van der Waals surface area contributed by atoms with E-state index in [1.54, 1.807) is 60.5 Å². The molecule has 0 aliphatic heterocycles. The van der Waals surface area contributed by atoms with Gasteiger partial charge in [0.15, 0.2) is 5.11 Å². The number of benzene rings is 3. The molecule has 0 radical (unpaired) electrons. The number of hydrogen-bond acceptors (Lipinski definition) is 3. The van der Waals surface area contributed by atoms with Gasteiger partial charge in [-0.15, -0.1) is 0 Å². The Morgan fingerprint density at radius 2 is 1.63 bits per heavy atom. The zero-order chi connectivity index (χ0) is 21.5. The molecule has 3 rings (SSSR count). The van der Waals surface area contributed by atoms with Gasteiger partial charge in [0.25, 0.3) is 11.8 Å². The molecule has 0 heterocycles. The normalized spacial score (nSPS) is 10.2. The number of nitrogens with zero attached hydrogens (tertiary/aromatic N) is 1. The SMILES string of the molecule is CN(C(=S)NC(=O)c1cccc(Cl)c1)c1ccccc1C(=O)NCc1ccccc1. The molecule has 3 aromatic carbocycles. The second-order valence-corrected chi connectivity index (χ2v) is 7.34. The molecule has 7 heteroatoms.